The molecule has 0 aromatic carbocycles. The van der Waals surface area contributed by atoms with Crippen LogP contribution in [0.15, 0.2) is 12.4 Å². The fourth-order valence-electron chi connectivity index (χ4n) is 4.61. The molecule has 3 saturated heterocycles. The van der Waals surface area contributed by atoms with Gasteiger partial charge in [-0.25, -0.2) is 9.97 Å². The number of carbonyl (C=O) groups excluding carboxylic acids is 1. The predicted octanol–water partition coefficient (Wildman–Crippen LogP) is 1.46. The first-order valence-electron chi connectivity index (χ1n) is 11.6. The summed E-state index contributed by atoms with van der Waals surface area (Å²) in [4.78, 5) is 23.4. The van der Waals surface area contributed by atoms with Gasteiger partial charge in [-0.05, 0) is 38.5 Å². The van der Waals surface area contributed by atoms with Crippen LogP contribution in [0.2, 0.25) is 0 Å². The molecular weight excluding hydrogens is 398 g/mol. The van der Waals surface area contributed by atoms with Crippen LogP contribution in [-0.4, -0.2) is 91.6 Å². The summed E-state index contributed by atoms with van der Waals surface area (Å²) in [6.45, 7) is 4.38. The third kappa shape index (κ3) is 6.12. The Balaban J connectivity index is 1.25. The SMILES string of the molecule is CO[C@@H]1COCC[C@@H]1NC1CCN(C(=O)c2cc(NC[C@H]3CCCCO3)ncn2)CC1. The molecule has 4 heterocycles. The number of ether oxygens (including phenoxy) is 3. The molecule has 0 spiro atoms. The largest absolute Gasteiger partial charge is 0.379 e. The zero-order valence-electron chi connectivity index (χ0n) is 18.4. The second kappa shape index (κ2) is 11.2. The monoisotopic (exact) mass is 433 g/mol. The standard InChI is InChI=1S/C22H35N5O4/c1-29-20-14-30-11-7-18(20)26-16-5-8-27(9-6-16)22(28)19-12-21(25-15-24-19)23-13-17-4-2-3-10-31-17/h12,15-18,20,26H,2-11,13-14H2,1H3,(H,23,24,25)/t17-,18+,20-/m1/s1. The lowest BCUT2D eigenvalue weighted by atomic mass is 9.99. The Morgan fingerprint density at radius 1 is 1.19 bits per heavy atom. The first kappa shape index (κ1) is 22.4. The van der Waals surface area contributed by atoms with Crippen LogP contribution in [-0.2, 0) is 14.2 Å². The maximum atomic E-state index is 13.0. The van der Waals surface area contributed by atoms with E-state index < -0.39 is 0 Å². The minimum Gasteiger partial charge on any atom is -0.379 e. The van der Waals surface area contributed by atoms with Crippen molar-refractivity contribution in [1.82, 2.24) is 20.2 Å². The van der Waals surface area contributed by atoms with E-state index in [1.807, 2.05) is 4.90 Å². The van der Waals surface area contributed by atoms with E-state index in [2.05, 4.69) is 20.6 Å². The number of amides is 1. The lowest BCUT2D eigenvalue weighted by Gasteiger charge is -2.38. The molecule has 1 aromatic heterocycles. The van der Waals surface area contributed by atoms with E-state index >= 15 is 0 Å². The van der Waals surface area contributed by atoms with Gasteiger partial charge in [0.25, 0.3) is 5.91 Å². The highest BCUT2D eigenvalue weighted by Gasteiger charge is 2.30. The van der Waals surface area contributed by atoms with Crippen LogP contribution in [0.1, 0.15) is 49.0 Å². The molecule has 4 rings (SSSR count). The molecule has 1 amide bonds. The quantitative estimate of drug-likeness (QED) is 0.667. The Bertz CT molecular complexity index is 707. The molecule has 3 fully saturated rings. The number of aromatic nitrogens is 2. The van der Waals surface area contributed by atoms with E-state index in [-0.39, 0.29) is 18.1 Å². The maximum Gasteiger partial charge on any atom is 0.272 e. The number of anilines is 1. The van der Waals surface area contributed by atoms with Gasteiger partial charge in [0.2, 0.25) is 0 Å². The summed E-state index contributed by atoms with van der Waals surface area (Å²) in [6.07, 6.45) is 7.97. The molecule has 0 aliphatic carbocycles. The molecule has 3 aliphatic heterocycles. The van der Waals surface area contributed by atoms with Crippen LogP contribution in [0.4, 0.5) is 5.82 Å². The van der Waals surface area contributed by atoms with Crippen molar-refractivity contribution in [2.75, 3.05) is 51.9 Å². The smallest absolute Gasteiger partial charge is 0.272 e. The second-order valence-electron chi connectivity index (χ2n) is 8.64. The van der Waals surface area contributed by atoms with Crippen molar-refractivity contribution in [1.29, 1.82) is 0 Å². The van der Waals surface area contributed by atoms with E-state index in [1.165, 1.54) is 12.7 Å². The zero-order chi connectivity index (χ0) is 21.5. The lowest BCUT2D eigenvalue weighted by Crippen LogP contribution is -2.54. The van der Waals surface area contributed by atoms with Crippen LogP contribution < -0.4 is 10.6 Å². The average molecular weight is 434 g/mol. The van der Waals surface area contributed by atoms with Gasteiger partial charge in [-0.3, -0.25) is 4.79 Å². The van der Waals surface area contributed by atoms with Crippen LogP contribution in [0.3, 0.4) is 0 Å². The Morgan fingerprint density at radius 3 is 2.84 bits per heavy atom. The van der Waals surface area contributed by atoms with Crippen LogP contribution in [0.25, 0.3) is 0 Å². The number of nitrogens with zero attached hydrogens (tertiary/aromatic N) is 3. The minimum atomic E-state index is -0.0290. The normalized spacial score (nSPS) is 27.8. The van der Waals surface area contributed by atoms with Crippen molar-refractivity contribution in [2.24, 2.45) is 0 Å². The fraction of sp³-hybridized carbons (Fsp3) is 0.773. The molecule has 9 heteroatoms. The van der Waals surface area contributed by atoms with Gasteiger partial charge in [0, 0.05) is 58.1 Å². The number of likely N-dealkylation sites (tertiary alicyclic amines) is 1. The molecule has 0 saturated carbocycles. The Labute approximate surface area is 184 Å². The van der Waals surface area contributed by atoms with Gasteiger partial charge < -0.3 is 29.7 Å². The first-order valence-corrected chi connectivity index (χ1v) is 11.6. The summed E-state index contributed by atoms with van der Waals surface area (Å²) in [5.74, 6) is 0.646. The number of piperidine rings is 1. The summed E-state index contributed by atoms with van der Waals surface area (Å²) in [5, 5.41) is 7.02. The van der Waals surface area contributed by atoms with Gasteiger partial charge in [0.15, 0.2) is 0 Å². The van der Waals surface area contributed by atoms with Gasteiger partial charge in [-0.15, -0.1) is 0 Å². The van der Waals surface area contributed by atoms with Crippen LogP contribution in [0, 0.1) is 0 Å². The predicted molar refractivity (Wildman–Crippen MR) is 116 cm³/mol. The van der Waals surface area contributed by atoms with Crippen molar-refractivity contribution in [3.8, 4) is 0 Å². The van der Waals surface area contributed by atoms with Crippen molar-refractivity contribution in [3.63, 3.8) is 0 Å². The molecule has 0 unspecified atom stereocenters. The van der Waals surface area contributed by atoms with E-state index in [0.717, 1.165) is 58.4 Å². The molecule has 0 radical (unpaired) electrons. The zero-order valence-corrected chi connectivity index (χ0v) is 18.4. The van der Waals surface area contributed by atoms with Crippen LogP contribution >= 0.6 is 0 Å². The van der Waals surface area contributed by atoms with Gasteiger partial charge in [0.1, 0.15) is 17.8 Å². The van der Waals surface area contributed by atoms with E-state index in [9.17, 15) is 4.79 Å². The Kier molecular flexibility index (Phi) is 8.07. The fourth-order valence-corrected chi connectivity index (χ4v) is 4.61. The van der Waals surface area contributed by atoms with Gasteiger partial charge in [-0.2, -0.15) is 0 Å². The van der Waals surface area contributed by atoms with Crippen molar-refractivity contribution < 1.29 is 19.0 Å². The van der Waals surface area contributed by atoms with Crippen molar-refractivity contribution >= 4 is 11.7 Å². The van der Waals surface area contributed by atoms with Gasteiger partial charge >= 0.3 is 0 Å². The molecule has 3 aliphatic rings. The van der Waals surface area contributed by atoms with Crippen molar-refractivity contribution in [2.45, 2.75) is 62.8 Å². The average Bonchev–Trinajstić information content (AvgIpc) is 2.84. The summed E-state index contributed by atoms with van der Waals surface area (Å²) in [7, 11) is 1.74. The number of nitrogens with one attached hydrogen (secondary N) is 2. The number of hydrogen-bond donors (Lipinski definition) is 2. The first-order chi connectivity index (χ1) is 15.2. The number of carbonyl (C=O) groups is 1. The highest BCUT2D eigenvalue weighted by molar-refractivity contribution is 5.93. The number of rotatable bonds is 7. The van der Waals surface area contributed by atoms with E-state index in [4.69, 9.17) is 14.2 Å². The molecule has 0 bridgehead atoms. The Hall–Kier alpha value is -1.81. The molecule has 3 atom stereocenters. The molecule has 1 aromatic rings. The summed E-state index contributed by atoms with van der Waals surface area (Å²) in [5.41, 5.74) is 0.442. The molecule has 2 N–H and O–H groups in total. The summed E-state index contributed by atoms with van der Waals surface area (Å²) in [6, 6.07) is 2.46. The molecule has 31 heavy (non-hydrogen) atoms. The third-order valence-electron chi connectivity index (χ3n) is 6.51. The van der Waals surface area contributed by atoms with Crippen LogP contribution in [0.5, 0.6) is 0 Å². The number of hydrogen-bond acceptors (Lipinski definition) is 8. The molecule has 9 nitrogen and oxygen atoms in total. The summed E-state index contributed by atoms with van der Waals surface area (Å²) >= 11 is 0. The van der Waals surface area contributed by atoms with E-state index in [0.29, 0.717) is 36.7 Å². The van der Waals surface area contributed by atoms with E-state index in [1.54, 1.807) is 13.2 Å². The summed E-state index contributed by atoms with van der Waals surface area (Å²) < 4.78 is 16.8. The maximum absolute atomic E-state index is 13.0. The number of methoxy groups -OCH3 is 1. The topological polar surface area (TPSA) is 97.8 Å². The lowest BCUT2D eigenvalue weighted by molar-refractivity contribution is -0.0533. The second-order valence-corrected chi connectivity index (χ2v) is 8.64. The third-order valence-corrected chi connectivity index (χ3v) is 6.51. The highest BCUT2D eigenvalue weighted by atomic mass is 16.5. The van der Waals surface area contributed by atoms with Gasteiger partial charge in [-0.1, -0.05) is 0 Å². The minimum absolute atomic E-state index is 0.0290. The molecular formula is C22H35N5O4. The van der Waals surface area contributed by atoms with Gasteiger partial charge in [0.05, 0.1) is 18.8 Å². The highest BCUT2D eigenvalue weighted by Crippen LogP contribution is 2.18. The molecule has 172 valence electrons. The van der Waals surface area contributed by atoms with Crippen molar-refractivity contribution in [3.05, 3.63) is 18.1 Å². The Morgan fingerprint density at radius 2 is 2.06 bits per heavy atom.